The van der Waals surface area contributed by atoms with E-state index in [4.69, 9.17) is 11.6 Å². The zero-order valence-corrected chi connectivity index (χ0v) is 15.4. The smallest absolute Gasteiger partial charge is 0.253 e. The summed E-state index contributed by atoms with van der Waals surface area (Å²) in [7, 11) is 0. The van der Waals surface area contributed by atoms with E-state index in [2.05, 4.69) is 26.7 Å². The van der Waals surface area contributed by atoms with Crippen LogP contribution in [0.4, 0.5) is 5.69 Å². The van der Waals surface area contributed by atoms with E-state index in [1.807, 2.05) is 24.4 Å². The van der Waals surface area contributed by atoms with Gasteiger partial charge >= 0.3 is 0 Å². The highest BCUT2D eigenvalue weighted by molar-refractivity contribution is 6.34. The van der Waals surface area contributed by atoms with Gasteiger partial charge in [-0.2, -0.15) is 0 Å². The minimum Gasteiger partial charge on any atom is -0.372 e. The summed E-state index contributed by atoms with van der Waals surface area (Å²) >= 11 is 6.27. The van der Waals surface area contributed by atoms with Crippen LogP contribution in [0.2, 0.25) is 5.02 Å². The number of benzene rings is 1. The van der Waals surface area contributed by atoms with E-state index in [0.717, 1.165) is 37.6 Å². The molecule has 0 unspecified atom stereocenters. The van der Waals surface area contributed by atoms with Crippen molar-refractivity contribution in [2.45, 2.75) is 45.7 Å². The largest absolute Gasteiger partial charge is 0.372 e. The van der Waals surface area contributed by atoms with Gasteiger partial charge in [-0.1, -0.05) is 18.5 Å². The molecule has 25 heavy (non-hydrogen) atoms. The topological polar surface area (TPSA) is 50.2 Å². The maximum atomic E-state index is 12.6. The molecule has 1 aromatic heterocycles. The number of amides is 1. The van der Waals surface area contributed by atoms with Crippen molar-refractivity contribution in [3.05, 3.63) is 47.0 Å². The highest BCUT2D eigenvalue weighted by Gasteiger charge is 2.16. The molecule has 0 bridgehead atoms. The van der Waals surface area contributed by atoms with Crippen LogP contribution in [0.1, 0.15) is 48.8 Å². The summed E-state index contributed by atoms with van der Waals surface area (Å²) in [6.07, 6.45) is 8.41. The lowest BCUT2D eigenvalue weighted by Crippen LogP contribution is -2.30. The fraction of sp³-hybridized carbons (Fsp3) is 0.474. The van der Waals surface area contributed by atoms with Crippen molar-refractivity contribution >= 4 is 23.2 Å². The summed E-state index contributed by atoms with van der Waals surface area (Å²) in [5, 5.41) is 3.43. The molecule has 0 atom stereocenters. The molecule has 134 valence electrons. The molecule has 1 aliphatic heterocycles. The molecule has 2 aromatic rings. The Labute approximate surface area is 154 Å². The predicted octanol–water partition coefficient (Wildman–Crippen LogP) is 3.87. The van der Waals surface area contributed by atoms with Gasteiger partial charge in [0.05, 0.1) is 17.1 Å². The van der Waals surface area contributed by atoms with Crippen molar-refractivity contribution < 1.29 is 4.79 Å². The predicted molar refractivity (Wildman–Crippen MR) is 101 cm³/mol. The molecule has 1 aliphatic rings. The normalized spacial score (nSPS) is 14.6. The lowest BCUT2D eigenvalue weighted by molar-refractivity contribution is 0.0949. The van der Waals surface area contributed by atoms with E-state index in [1.165, 1.54) is 19.3 Å². The van der Waals surface area contributed by atoms with Crippen LogP contribution in [0, 0.1) is 0 Å². The number of halogens is 1. The van der Waals surface area contributed by atoms with Crippen molar-refractivity contribution in [2.24, 2.45) is 0 Å². The van der Waals surface area contributed by atoms with E-state index in [1.54, 1.807) is 6.20 Å². The molecular weight excluding hydrogens is 336 g/mol. The van der Waals surface area contributed by atoms with E-state index in [0.29, 0.717) is 17.1 Å². The van der Waals surface area contributed by atoms with E-state index in [-0.39, 0.29) is 5.91 Å². The molecule has 0 saturated carbocycles. The van der Waals surface area contributed by atoms with Crippen molar-refractivity contribution in [3.8, 4) is 0 Å². The molecule has 2 heterocycles. The maximum absolute atomic E-state index is 12.6. The molecule has 0 spiro atoms. The van der Waals surface area contributed by atoms with Crippen LogP contribution >= 0.6 is 11.6 Å². The Balaban J connectivity index is 1.69. The summed E-state index contributed by atoms with van der Waals surface area (Å²) in [4.78, 5) is 19.3. The monoisotopic (exact) mass is 360 g/mol. The summed E-state index contributed by atoms with van der Waals surface area (Å²) in [5.41, 5.74) is 1.60. The van der Waals surface area contributed by atoms with Gasteiger partial charge in [-0.3, -0.25) is 4.79 Å². The molecule has 5 nitrogen and oxygen atoms in total. The van der Waals surface area contributed by atoms with Crippen LogP contribution in [0.15, 0.2) is 30.6 Å². The zero-order valence-electron chi connectivity index (χ0n) is 14.7. The van der Waals surface area contributed by atoms with Gasteiger partial charge in [0, 0.05) is 37.7 Å². The molecule has 1 fully saturated rings. The Morgan fingerprint density at radius 2 is 2.08 bits per heavy atom. The van der Waals surface area contributed by atoms with Crippen LogP contribution in [0.25, 0.3) is 0 Å². The minimum absolute atomic E-state index is 0.157. The zero-order chi connectivity index (χ0) is 17.6. The number of rotatable bonds is 6. The number of aromatic nitrogens is 2. The fourth-order valence-electron chi connectivity index (χ4n) is 3.24. The number of carbonyl (C=O) groups excluding carboxylic acids is 1. The number of nitrogens with zero attached hydrogens (tertiary/aromatic N) is 3. The first kappa shape index (κ1) is 17.8. The van der Waals surface area contributed by atoms with Crippen LogP contribution in [-0.4, -0.2) is 28.5 Å². The Morgan fingerprint density at radius 3 is 2.84 bits per heavy atom. The minimum atomic E-state index is -0.157. The Bertz CT molecular complexity index is 722. The molecule has 3 rings (SSSR count). The number of nitrogens with one attached hydrogen (secondary N) is 1. The van der Waals surface area contributed by atoms with E-state index >= 15 is 0 Å². The van der Waals surface area contributed by atoms with Crippen LogP contribution < -0.4 is 10.2 Å². The Hall–Kier alpha value is -2.01. The quantitative estimate of drug-likeness (QED) is 0.850. The van der Waals surface area contributed by atoms with Gasteiger partial charge in [0.1, 0.15) is 5.82 Å². The maximum Gasteiger partial charge on any atom is 0.253 e. The lowest BCUT2D eigenvalue weighted by atomic mass is 10.1. The standard InChI is InChI=1S/C19H25ClN4O/c1-2-9-24-12-8-21-18(24)14-22-19(25)16-13-15(6-7-17(16)20)23-10-4-3-5-11-23/h6-8,12-13H,2-5,9-11,14H2,1H3,(H,22,25). The summed E-state index contributed by atoms with van der Waals surface area (Å²) in [6.45, 7) is 5.50. The van der Waals surface area contributed by atoms with Gasteiger partial charge in [0.2, 0.25) is 0 Å². The molecule has 0 aliphatic carbocycles. The number of piperidine rings is 1. The van der Waals surface area contributed by atoms with Gasteiger partial charge in [0.25, 0.3) is 5.91 Å². The first-order chi connectivity index (χ1) is 12.2. The lowest BCUT2D eigenvalue weighted by Gasteiger charge is -2.29. The third kappa shape index (κ3) is 4.34. The van der Waals surface area contributed by atoms with Gasteiger partial charge in [-0.05, 0) is 43.9 Å². The molecule has 1 N–H and O–H groups in total. The second kappa shape index (κ2) is 8.39. The number of hydrogen-bond donors (Lipinski definition) is 1. The average Bonchev–Trinajstić information content (AvgIpc) is 3.08. The van der Waals surface area contributed by atoms with Crippen LogP contribution in [0.5, 0.6) is 0 Å². The van der Waals surface area contributed by atoms with Crippen LogP contribution in [-0.2, 0) is 13.1 Å². The van der Waals surface area contributed by atoms with Crippen LogP contribution in [0.3, 0.4) is 0 Å². The van der Waals surface area contributed by atoms with Crippen molar-refractivity contribution in [1.29, 1.82) is 0 Å². The van der Waals surface area contributed by atoms with Crippen molar-refractivity contribution in [3.63, 3.8) is 0 Å². The fourth-order valence-corrected chi connectivity index (χ4v) is 3.45. The second-order valence-corrected chi connectivity index (χ2v) is 6.84. The number of hydrogen-bond acceptors (Lipinski definition) is 3. The Kier molecular flexibility index (Phi) is 5.97. The van der Waals surface area contributed by atoms with E-state index < -0.39 is 0 Å². The molecular formula is C19H25ClN4O. The van der Waals surface area contributed by atoms with Gasteiger partial charge < -0.3 is 14.8 Å². The number of aryl methyl sites for hydroxylation is 1. The molecule has 1 amide bonds. The first-order valence-electron chi connectivity index (χ1n) is 9.01. The molecule has 1 saturated heterocycles. The van der Waals surface area contributed by atoms with Crippen molar-refractivity contribution in [2.75, 3.05) is 18.0 Å². The first-order valence-corrected chi connectivity index (χ1v) is 9.39. The SMILES string of the molecule is CCCn1ccnc1CNC(=O)c1cc(N2CCCCC2)ccc1Cl. The van der Waals surface area contributed by atoms with Gasteiger partial charge in [-0.25, -0.2) is 4.98 Å². The summed E-state index contributed by atoms with van der Waals surface area (Å²) in [5.74, 6) is 0.702. The second-order valence-electron chi connectivity index (χ2n) is 6.43. The number of anilines is 1. The molecule has 0 radical (unpaired) electrons. The van der Waals surface area contributed by atoms with Gasteiger partial charge in [0.15, 0.2) is 0 Å². The molecule has 1 aromatic carbocycles. The van der Waals surface area contributed by atoms with E-state index in [9.17, 15) is 4.79 Å². The number of carbonyl (C=O) groups is 1. The number of imidazole rings is 1. The molecule has 6 heteroatoms. The Morgan fingerprint density at radius 1 is 1.28 bits per heavy atom. The van der Waals surface area contributed by atoms with Crippen molar-refractivity contribution in [1.82, 2.24) is 14.9 Å². The summed E-state index contributed by atoms with van der Waals surface area (Å²) < 4.78 is 2.06. The highest BCUT2D eigenvalue weighted by atomic mass is 35.5. The summed E-state index contributed by atoms with van der Waals surface area (Å²) in [6, 6.07) is 5.72. The third-order valence-corrected chi connectivity index (χ3v) is 4.92. The average molecular weight is 361 g/mol. The highest BCUT2D eigenvalue weighted by Crippen LogP contribution is 2.25. The third-order valence-electron chi connectivity index (χ3n) is 4.59. The van der Waals surface area contributed by atoms with Gasteiger partial charge in [-0.15, -0.1) is 0 Å².